The Hall–Kier alpha value is -2.44. The van der Waals surface area contributed by atoms with E-state index in [9.17, 15) is 8.78 Å². The van der Waals surface area contributed by atoms with E-state index in [1.165, 1.54) is 12.1 Å². The van der Waals surface area contributed by atoms with Crippen molar-refractivity contribution < 1.29 is 18.0 Å². The third kappa shape index (κ3) is 5.03. The van der Waals surface area contributed by atoms with Crippen LogP contribution in [-0.2, 0) is 13.1 Å². The van der Waals surface area contributed by atoms with Crippen molar-refractivity contribution in [3.8, 4) is 17.0 Å². The van der Waals surface area contributed by atoms with Gasteiger partial charge in [0.15, 0.2) is 5.76 Å². The SMILES string of the molecule is CN(Cc1ccc(OC(F)F)cc1)Cc1cc(-c2ccc(Cl)cc2)no1. The zero-order valence-corrected chi connectivity index (χ0v) is 14.8. The van der Waals surface area contributed by atoms with Crippen LogP contribution in [0.4, 0.5) is 8.78 Å². The number of ether oxygens (including phenoxy) is 1. The first-order valence-electron chi connectivity index (χ1n) is 7.93. The molecule has 0 aliphatic rings. The minimum atomic E-state index is -2.81. The molecule has 7 heteroatoms. The maximum Gasteiger partial charge on any atom is 0.387 e. The van der Waals surface area contributed by atoms with Crippen molar-refractivity contribution in [2.24, 2.45) is 0 Å². The van der Waals surface area contributed by atoms with Crippen molar-refractivity contribution in [2.75, 3.05) is 7.05 Å². The highest BCUT2D eigenvalue weighted by Gasteiger charge is 2.10. The molecule has 0 radical (unpaired) electrons. The first-order valence-corrected chi connectivity index (χ1v) is 8.31. The number of alkyl halides is 2. The van der Waals surface area contributed by atoms with E-state index >= 15 is 0 Å². The summed E-state index contributed by atoms with van der Waals surface area (Å²) in [7, 11) is 1.94. The van der Waals surface area contributed by atoms with Crippen LogP contribution in [0, 0.1) is 0 Å². The fourth-order valence-electron chi connectivity index (χ4n) is 2.55. The summed E-state index contributed by atoms with van der Waals surface area (Å²) in [5.74, 6) is 0.879. The fourth-order valence-corrected chi connectivity index (χ4v) is 2.68. The average Bonchev–Trinajstić information content (AvgIpc) is 3.05. The van der Waals surface area contributed by atoms with Crippen molar-refractivity contribution in [3.63, 3.8) is 0 Å². The van der Waals surface area contributed by atoms with E-state index in [1.807, 2.05) is 30.1 Å². The fraction of sp³-hybridized carbons (Fsp3) is 0.211. The summed E-state index contributed by atoms with van der Waals surface area (Å²) in [5.41, 5.74) is 2.66. The highest BCUT2D eigenvalue weighted by Crippen LogP contribution is 2.22. The number of nitrogens with zero attached hydrogens (tertiary/aromatic N) is 2. The van der Waals surface area contributed by atoms with E-state index < -0.39 is 6.61 Å². The summed E-state index contributed by atoms with van der Waals surface area (Å²) in [6.45, 7) is -1.62. The molecule has 0 aliphatic carbocycles. The Morgan fingerprint density at radius 3 is 2.42 bits per heavy atom. The molecule has 1 aromatic heterocycles. The van der Waals surface area contributed by atoms with Crippen molar-refractivity contribution >= 4 is 11.6 Å². The second-order valence-corrected chi connectivity index (χ2v) is 6.32. The van der Waals surface area contributed by atoms with Gasteiger partial charge in [-0.05, 0) is 36.9 Å². The molecule has 0 saturated carbocycles. The molecule has 0 bridgehead atoms. The van der Waals surface area contributed by atoms with Gasteiger partial charge in [0.05, 0.1) is 6.54 Å². The number of aromatic nitrogens is 1. The minimum Gasteiger partial charge on any atom is -0.435 e. The first kappa shape index (κ1) is 18.4. The van der Waals surface area contributed by atoms with E-state index in [-0.39, 0.29) is 5.75 Å². The van der Waals surface area contributed by atoms with Crippen LogP contribution in [0.15, 0.2) is 59.1 Å². The van der Waals surface area contributed by atoms with Crippen LogP contribution in [0.3, 0.4) is 0 Å². The van der Waals surface area contributed by atoms with Crippen molar-refractivity contribution in [1.82, 2.24) is 10.1 Å². The Morgan fingerprint density at radius 2 is 1.77 bits per heavy atom. The van der Waals surface area contributed by atoms with Crippen LogP contribution in [0.25, 0.3) is 11.3 Å². The third-order valence-corrected chi connectivity index (χ3v) is 3.98. The van der Waals surface area contributed by atoms with Gasteiger partial charge in [-0.1, -0.05) is 41.0 Å². The van der Waals surface area contributed by atoms with Crippen LogP contribution in [0.2, 0.25) is 5.02 Å². The quantitative estimate of drug-likeness (QED) is 0.564. The lowest BCUT2D eigenvalue weighted by molar-refractivity contribution is -0.0498. The number of halogens is 3. The standard InChI is InChI=1S/C19H17ClF2N2O2/c1-24(11-13-2-8-16(9-3-13)25-19(21)22)12-17-10-18(23-26-17)14-4-6-15(20)7-5-14/h2-10,19H,11-12H2,1H3. The van der Waals surface area contributed by atoms with Gasteiger partial charge in [0.2, 0.25) is 0 Å². The van der Waals surface area contributed by atoms with Gasteiger partial charge >= 0.3 is 6.61 Å². The molecule has 3 rings (SSSR count). The van der Waals surface area contributed by atoms with Crippen LogP contribution in [0.5, 0.6) is 5.75 Å². The van der Waals surface area contributed by atoms with Crippen LogP contribution in [-0.4, -0.2) is 23.7 Å². The van der Waals surface area contributed by atoms with Gasteiger partial charge in [0, 0.05) is 23.2 Å². The monoisotopic (exact) mass is 378 g/mol. The maximum atomic E-state index is 12.2. The highest BCUT2D eigenvalue weighted by molar-refractivity contribution is 6.30. The Labute approximate surface area is 154 Å². The lowest BCUT2D eigenvalue weighted by Gasteiger charge is -2.15. The normalized spacial score (nSPS) is 11.3. The number of hydrogen-bond donors (Lipinski definition) is 0. The predicted octanol–water partition coefficient (Wildman–Crippen LogP) is 5.23. The Bertz CT molecular complexity index is 836. The second kappa shape index (κ2) is 8.29. The molecule has 0 saturated heterocycles. The van der Waals surface area contributed by atoms with Crippen LogP contribution in [0.1, 0.15) is 11.3 Å². The highest BCUT2D eigenvalue weighted by atomic mass is 35.5. The molecule has 2 aromatic carbocycles. The zero-order chi connectivity index (χ0) is 18.5. The summed E-state index contributed by atoms with van der Waals surface area (Å²) in [6.07, 6.45) is 0. The number of benzene rings is 2. The summed E-state index contributed by atoms with van der Waals surface area (Å²) >= 11 is 5.89. The van der Waals surface area contributed by atoms with Gasteiger partial charge < -0.3 is 9.26 Å². The topological polar surface area (TPSA) is 38.5 Å². The van der Waals surface area contributed by atoms with Gasteiger partial charge in [-0.15, -0.1) is 0 Å². The van der Waals surface area contributed by atoms with Gasteiger partial charge in [0.25, 0.3) is 0 Å². The molecule has 0 atom stereocenters. The van der Waals surface area contributed by atoms with Gasteiger partial charge in [-0.25, -0.2) is 0 Å². The summed E-state index contributed by atoms with van der Waals surface area (Å²) in [6, 6.07) is 15.8. The lowest BCUT2D eigenvalue weighted by atomic mass is 10.1. The van der Waals surface area contributed by atoms with E-state index in [4.69, 9.17) is 16.1 Å². The van der Waals surface area contributed by atoms with E-state index in [0.29, 0.717) is 18.1 Å². The molecule has 1 heterocycles. The average molecular weight is 379 g/mol. The van der Waals surface area contributed by atoms with Gasteiger partial charge in [0.1, 0.15) is 11.4 Å². The van der Waals surface area contributed by atoms with E-state index in [0.717, 1.165) is 22.6 Å². The van der Waals surface area contributed by atoms with Crippen molar-refractivity contribution in [3.05, 3.63) is 70.9 Å². The van der Waals surface area contributed by atoms with Crippen molar-refractivity contribution in [2.45, 2.75) is 19.7 Å². The van der Waals surface area contributed by atoms with Crippen LogP contribution < -0.4 is 4.74 Å². The Balaban J connectivity index is 1.58. The smallest absolute Gasteiger partial charge is 0.387 e. The Kier molecular flexibility index (Phi) is 5.85. The van der Waals surface area contributed by atoms with E-state index in [1.54, 1.807) is 24.3 Å². The Morgan fingerprint density at radius 1 is 1.08 bits per heavy atom. The molecule has 0 aliphatic heterocycles. The minimum absolute atomic E-state index is 0.147. The molecular weight excluding hydrogens is 362 g/mol. The molecule has 136 valence electrons. The van der Waals surface area contributed by atoms with Gasteiger partial charge in [-0.3, -0.25) is 4.90 Å². The number of rotatable bonds is 7. The second-order valence-electron chi connectivity index (χ2n) is 5.88. The molecule has 0 spiro atoms. The van der Waals surface area contributed by atoms with Crippen LogP contribution >= 0.6 is 11.6 Å². The van der Waals surface area contributed by atoms with Crippen molar-refractivity contribution in [1.29, 1.82) is 0 Å². The molecule has 0 unspecified atom stereocenters. The predicted molar refractivity (Wildman–Crippen MR) is 95.2 cm³/mol. The molecule has 0 N–H and O–H groups in total. The van der Waals surface area contributed by atoms with E-state index in [2.05, 4.69) is 9.89 Å². The molecular formula is C19H17ClF2N2O2. The summed E-state index contributed by atoms with van der Waals surface area (Å²) < 4.78 is 34.1. The zero-order valence-electron chi connectivity index (χ0n) is 14.0. The van der Waals surface area contributed by atoms with Gasteiger partial charge in [-0.2, -0.15) is 8.78 Å². The largest absolute Gasteiger partial charge is 0.435 e. The lowest BCUT2D eigenvalue weighted by Crippen LogP contribution is -2.16. The summed E-state index contributed by atoms with van der Waals surface area (Å²) in [5, 5.41) is 4.75. The molecule has 0 amide bonds. The molecule has 0 fully saturated rings. The summed E-state index contributed by atoms with van der Waals surface area (Å²) in [4.78, 5) is 2.04. The number of hydrogen-bond acceptors (Lipinski definition) is 4. The molecule has 3 aromatic rings. The maximum absolute atomic E-state index is 12.2. The molecule has 4 nitrogen and oxygen atoms in total. The first-order chi connectivity index (χ1) is 12.5. The molecule has 26 heavy (non-hydrogen) atoms. The third-order valence-electron chi connectivity index (χ3n) is 3.73.